The van der Waals surface area contributed by atoms with E-state index in [1.165, 1.54) is 12.8 Å². The Morgan fingerprint density at radius 3 is 2.69 bits per heavy atom. The van der Waals surface area contributed by atoms with Crippen LogP contribution in [0.4, 0.5) is 0 Å². The fraction of sp³-hybridized carbons (Fsp3) is 0.429. The van der Waals surface area contributed by atoms with Gasteiger partial charge >= 0.3 is 0 Å². The molecule has 1 N–H and O–H groups in total. The molecule has 1 fully saturated rings. The molecule has 26 heavy (non-hydrogen) atoms. The van der Waals surface area contributed by atoms with Crippen LogP contribution in [0.1, 0.15) is 42.9 Å². The predicted molar refractivity (Wildman–Crippen MR) is 98.2 cm³/mol. The summed E-state index contributed by atoms with van der Waals surface area (Å²) in [4.78, 5) is 17.3. The van der Waals surface area contributed by atoms with Gasteiger partial charge in [-0.2, -0.15) is 0 Å². The van der Waals surface area contributed by atoms with Crippen LogP contribution in [-0.4, -0.2) is 24.1 Å². The van der Waals surface area contributed by atoms with Gasteiger partial charge in [-0.25, -0.2) is 0 Å². The summed E-state index contributed by atoms with van der Waals surface area (Å²) < 4.78 is 11.3. The minimum atomic E-state index is -0.156. The number of carbonyl (C=O) groups is 1. The summed E-state index contributed by atoms with van der Waals surface area (Å²) in [5, 5.41) is 3.08. The highest BCUT2D eigenvalue weighted by molar-refractivity contribution is 5.84. The van der Waals surface area contributed by atoms with Gasteiger partial charge in [0, 0.05) is 6.20 Å². The number of pyridine rings is 1. The van der Waals surface area contributed by atoms with E-state index in [-0.39, 0.29) is 11.8 Å². The van der Waals surface area contributed by atoms with E-state index in [9.17, 15) is 4.79 Å². The third-order valence-corrected chi connectivity index (χ3v) is 5.25. The number of aromatic nitrogens is 1. The minimum absolute atomic E-state index is 0.0687. The molecule has 1 unspecified atom stereocenters. The number of hydrogen-bond acceptors (Lipinski definition) is 4. The van der Waals surface area contributed by atoms with Gasteiger partial charge in [-0.05, 0) is 48.6 Å². The van der Waals surface area contributed by atoms with Crippen LogP contribution in [0.5, 0.6) is 11.5 Å². The zero-order valence-electron chi connectivity index (χ0n) is 14.8. The second-order valence-corrected chi connectivity index (χ2v) is 6.96. The number of ether oxygens (including phenoxy) is 2. The van der Waals surface area contributed by atoms with Crippen molar-refractivity contribution in [2.24, 2.45) is 5.92 Å². The molecule has 1 aliphatic heterocycles. The van der Waals surface area contributed by atoms with Crippen molar-refractivity contribution >= 4 is 5.91 Å². The number of carbonyl (C=O) groups excluding carboxylic acids is 1. The highest BCUT2D eigenvalue weighted by atomic mass is 16.6. The molecule has 0 radical (unpaired) electrons. The molecule has 0 saturated heterocycles. The average Bonchev–Trinajstić information content (AvgIpc) is 3.21. The second kappa shape index (κ2) is 7.77. The molecular formula is C21H24N2O3. The highest BCUT2D eigenvalue weighted by Crippen LogP contribution is 2.40. The van der Waals surface area contributed by atoms with Crippen molar-refractivity contribution in [2.75, 3.05) is 13.2 Å². The molecule has 2 aliphatic rings. The Hall–Kier alpha value is -2.56. The van der Waals surface area contributed by atoms with Gasteiger partial charge < -0.3 is 14.8 Å². The van der Waals surface area contributed by atoms with Gasteiger partial charge in [-0.3, -0.25) is 9.78 Å². The number of fused-ring (bicyclic) bond motifs is 1. The first-order valence-electron chi connectivity index (χ1n) is 9.38. The van der Waals surface area contributed by atoms with Crippen LogP contribution < -0.4 is 14.8 Å². The standard InChI is InChI=1S/C21H24N2O3/c24-21(23-14-17-7-3-4-10-22-17)20(15-5-1-2-6-15)16-8-9-18-19(13-16)26-12-11-25-18/h3-4,7-10,13,15,20H,1-2,5-6,11-12,14H2,(H,23,24). The Kier molecular flexibility index (Phi) is 5.04. The maximum atomic E-state index is 13.1. The Morgan fingerprint density at radius 2 is 1.92 bits per heavy atom. The monoisotopic (exact) mass is 352 g/mol. The molecule has 1 amide bonds. The maximum Gasteiger partial charge on any atom is 0.228 e. The molecule has 2 aromatic rings. The lowest BCUT2D eigenvalue weighted by Crippen LogP contribution is -2.32. The number of nitrogens with zero attached hydrogens (tertiary/aromatic N) is 1. The molecule has 1 saturated carbocycles. The predicted octanol–water partition coefficient (Wildman–Crippen LogP) is 3.44. The number of hydrogen-bond donors (Lipinski definition) is 1. The van der Waals surface area contributed by atoms with E-state index < -0.39 is 0 Å². The third-order valence-electron chi connectivity index (χ3n) is 5.25. The van der Waals surface area contributed by atoms with Gasteiger partial charge in [0.15, 0.2) is 11.5 Å². The number of nitrogens with one attached hydrogen (secondary N) is 1. The van der Waals surface area contributed by atoms with E-state index in [4.69, 9.17) is 9.47 Å². The molecule has 2 heterocycles. The summed E-state index contributed by atoms with van der Waals surface area (Å²) in [5.74, 6) is 1.80. The quantitative estimate of drug-likeness (QED) is 0.895. The largest absolute Gasteiger partial charge is 0.486 e. The molecular weight excluding hydrogens is 328 g/mol. The first kappa shape index (κ1) is 16.9. The zero-order valence-corrected chi connectivity index (χ0v) is 14.8. The van der Waals surface area contributed by atoms with Crippen molar-refractivity contribution in [3.63, 3.8) is 0 Å². The van der Waals surface area contributed by atoms with E-state index in [0.29, 0.717) is 25.7 Å². The molecule has 0 bridgehead atoms. The van der Waals surface area contributed by atoms with Gasteiger partial charge in [-0.1, -0.05) is 25.0 Å². The Labute approximate surface area is 153 Å². The summed E-state index contributed by atoms with van der Waals surface area (Å²) in [6.07, 6.45) is 6.32. The summed E-state index contributed by atoms with van der Waals surface area (Å²) in [6.45, 7) is 1.58. The number of amides is 1. The Balaban J connectivity index is 1.55. The van der Waals surface area contributed by atoms with Crippen LogP contribution in [0, 0.1) is 5.92 Å². The zero-order chi connectivity index (χ0) is 17.8. The van der Waals surface area contributed by atoms with Gasteiger partial charge in [0.2, 0.25) is 5.91 Å². The van der Waals surface area contributed by atoms with Crippen LogP contribution in [0.3, 0.4) is 0 Å². The molecule has 0 spiro atoms. The van der Waals surface area contributed by atoms with Crippen molar-refractivity contribution in [2.45, 2.75) is 38.1 Å². The SMILES string of the molecule is O=C(NCc1ccccn1)C(c1ccc2c(c1)OCCO2)C1CCCC1. The molecule has 1 aliphatic carbocycles. The lowest BCUT2D eigenvalue weighted by Gasteiger charge is -2.25. The molecule has 1 aromatic carbocycles. The van der Waals surface area contributed by atoms with Crippen molar-refractivity contribution in [1.82, 2.24) is 10.3 Å². The molecule has 4 rings (SSSR count). The molecule has 136 valence electrons. The lowest BCUT2D eigenvalue weighted by atomic mass is 9.84. The topological polar surface area (TPSA) is 60.5 Å². The van der Waals surface area contributed by atoms with E-state index in [1.807, 2.05) is 36.4 Å². The fourth-order valence-corrected chi connectivity index (χ4v) is 3.97. The van der Waals surface area contributed by atoms with Gasteiger partial charge in [0.05, 0.1) is 18.2 Å². The number of benzene rings is 1. The molecule has 1 atom stereocenters. The highest BCUT2D eigenvalue weighted by Gasteiger charge is 2.32. The normalized spacial score (nSPS) is 17.7. The van der Waals surface area contributed by atoms with Crippen LogP contribution in [0.25, 0.3) is 0 Å². The Bertz CT molecular complexity index is 757. The van der Waals surface area contributed by atoms with E-state index >= 15 is 0 Å². The van der Waals surface area contributed by atoms with Crippen molar-refractivity contribution in [1.29, 1.82) is 0 Å². The average molecular weight is 352 g/mol. The summed E-state index contributed by atoms with van der Waals surface area (Å²) >= 11 is 0. The third kappa shape index (κ3) is 3.66. The second-order valence-electron chi connectivity index (χ2n) is 6.96. The van der Waals surface area contributed by atoms with Crippen LogP contribution in [-0.2, 0) is 11.3 Å². The summed E-state index contributed by atoms with van der Waals surface area (Å²) in [6, 6.07) is 11.7. The maximum absolute atomic E-state index is 13.1. The van der Waals surface area contributed by atoms with E-state index in [1.54, 1.807) is 6.20 Å². The van der Waals surface area contributed by atoms with Gasteiger partial charge in [0.25, 0.3) is 0 Å². The van der Waals surface area contributed by atoms with Crippen molar-refractivity contribution in [3.05, 3.63) is 53.9 Å². The van der Waals surface area contributed by atoms with Crippen LogP contribution in [0.2, 0.25) is 0 Å². The van der Waals surface area contributed by atoms with E-state index in [2.05, 4.69) is 10.3 Å². The lowest BCUT2D eigenvalue weighted by molar-refractivity contribution is -0.123. The minimum Gasteiger partial charge on any atom is -0.486 e. The van der Waals surface area contributed by atoms with Gasteiger partial charge in [0.1, 0.15) is 13.2 Å². The fourth-order valence-electron chi connectivity index (χ4n) is 3.97. The molecule has 5 nitrogen and oxygen atoms in total. The molecule has 1 aromatic heterocycles. The van der Waals surface area contributed by atoms with Crippen LogP contribution in [0.15, 0.2) is 42.6 Å². The summed E-state index contributed by atoms with van der Waals surface area (Å²) in [7, 11) is 0. The van der Waals surface area contributed by atoms with Crippen molar-refractivity contribution < 1.29 is 14.3 Å². The summed E-state index contributed by atoms with van der Waals surface area (Å²) in [5.41, 5.74) is 1.88. The first-order chi connectivity index (χ1) is 12.8. The number of rotatable bonds is 5. The molecule has 5 heteroatoms. The van der Waals surface area contributed by atoms with Gasteiger partial charge in [-0.15, -0.1) is 0 Å². The Morgan fingerprint density at radius 1 is 1.12 bits per heavy atom. The first-order valence-corrected chi connectivity index (χ1v) is 9.38. The van der Waals surface area contributed by atoms with E-state index in [0.717, 1.165) is 35.6 Å². The van der Waals surface area contributed by atoms with Crippen LogP contribution >= 0.6 is 0 Å². The smallest absolute Gasteiger partial charge is 0.228 e. The van der Waals surface area contributed by atoms with Crippen molar-refractivity contribution in [3.8, 4) is 11.5 Å².